The summed E-state index contributed by atoms with van der Waals surface area (Å²) in [5, 5.41) is 0. The fourth-order valence-electron chi connectivity index (χ4n) is 3.48. The van der Waals surface area contributed by atoms with Gasteiger partial charge in [-0.05, 0) is 55.2 Å². The minimum Gasteiger partial charge on any atom is -0.493 e. The van der Waals surface area contributed by atoms with Crippen molar-refractivity contribution in [2.75, 3.05) is 20.8 Å². The Bertz CT molecular complexity index is 808. The van der Waals surface area contributed by atoms with Crippen molar-refractivity contribution in [1.29, 1.82) is 0 Å². The molecule has 2 aromatic rings. The highest BCUT2D eigenvalue weighted by atomic mass is 16.5. The lowest BCUT2D eigenvalue weighted by atomic mass is 9.98. The molecule has 0 saturated carbocycles. The highest BCUT2D eigenvalue weighted by Crippen LogP contribution is 2.33. The molecule has 2 heterocycles. The van der Waals surface area contributed by atoms with Crippen LogP contribution in [0.3, 0.4) is 0 Å². The van der Waals surface area contributed by atoms with Crippen molar-refractivity contribution < 1.29 is 14.3 Å². The Hall–Kier alpha value is -2.43. The third-order valence-electron chi connectivity index (χ3n) is 5.29. The van der Waals surface area contributed by atoms with Crippen LogP contribution in [0.4, 0.5) is 0 Å². The molecule has 1 aliphatic heterocycles. The van der Waals surface area contributed by atoms with Crippen LogP contribution in [0.1, 0.15) is 28.1 Å². The summed E-state index contributed by atoms with van der Waals surface area (Å²) in [5.74, 6) is 1.63. The highest BCUT2D eigenvalue weighted by molar-refractivity contribution is 5.79. The Kier molecular flexibility index (Phi) is 4.75. The van der Waals surface area contributed by atoms with Crippen LogP contribution in [-0.4, -0.2) is 36.1 Å². The normalized spacial score (nSPS) is 13.6. The van der Waals surface area contributed by atoms with Gasteiger partial charge >= 0.3 is 0 Å². The first-order valence-electron chi connectivity index (χ1n) is 8.58. The topological polar surface area (TPSA) is 43.7 Å². The molecule has 1 aromatic carbocycles. The van der Waals surface area contributed by atoms with Gasteiger partial charge in [0, 0.05) is 31.5 Å². The predicted octanol–water partition coefficient (Wildman–Crippen LogP) is 2.79. The van der Waals surface area contributed by atoms with E-state index in [-0.39, 0.29) is 5.91 Å². The van der Waals surface area contributed by atoms with Crippen LogP contribution in [-0.2, 0) is 31.2 Å². The Morgan fingerprint density at radius 3 is 2.28 bits per heavy atom. The lowest BCUT2D eigenvalue weighted by Crippen LogP contribution is -2.37. The van der Waals surface area contributed by atoms with Gasteiger partial charge in [0.2, 0.25) is 5.91 Å². The van der Waals surface area contributed by atoms with E-state index < -0.39 is 0 Å². The van der Waals surface area contributed by atoms with Gasteiger partial charge in [0.1, 0.15) is 0 Å². The fraction of sp³-hybridized carbons (Fsp3) is 0.450. The van der Waals surface area contributed by atoms with Gasteiger partial charge in [0.25, 0.3) is 0 Å². The Balaban J connectivity index is 1.77. The van der Waals surface area contributed by atoms with E-state index in [1.165, 1.54) is 11.3 Å². The van der Waals surface area contributed by atoms with Gasteiger partial charge in [-0.2, -0.15) is 0 Å². The summed E-state index contributed by atoms with van der Waals surface area (Å²) < 4.78 is 12.9. The van der Waals surface area contributed by atoms with Gasteiger partial charge in [0.05, 0.1) is 20.6 Å². The monoisotopic (exact) mass is 342 g/mol. The van der Waals surface area contributed by atoms with Gasteiger partial charge < -0.3 is 18.9 Å². The minimum atomic E-state index is 0.175. The molecule has 0 N–H and O–H groups in total. The molecule has 0 bridgehead atoms. The molecule has 0 spiro atoms. The van der Waals surface area contributed by atoms with Gasteiger partial charge in [-0.3, -0.25) is 4.79 Å². The van der Waals surface area contributed by atoms with Crippen LogP contribution >= 0.6 is 0 Å². The number of methoxy groups -OCH3 is 2. The smallest absolute Gasteiger partial charge is 0.227 e. The Morgan fingerprint density at radius 1 is 1.08 bits per heavy atom. The van der Waals surface area contributed by atoms with Crippen molar-refractivity contribution in [3.05, 3.63) is 46.3 Å². The van der Waals surface area contributed by atoms with E-state index in [2.05, 4.69) is 24.5 Å². The third kappa shape index (κ3) is 3.23. The van der Waals surface area contributed by atoms with E-state index in [0.29, 0.717) is 18.7 Å². The SMILES string of the molecule is COc1cc2c(cc1OC)CN(C(=O)Cc1cc(C)n(C)c1C)CC2. The standard InChI is InChI=1S/C20H26N2O3/c1-13-8-16(14(2)21(13)3)11-20(23)22-7-6-15-9-18(24-4)19(25-5)10-17(15)12-22/h8-10H,6-7,11-12H2,1-5H3. The molecule has 5 nitrogen and oxygen atoms in total. The number of rotatable bonds is 4. The molecule has 0 saturated heterocycles. The molecule has 0 radical (unpaired) electrons. The maximum atomic E-state index is 12.8. The number of benzene rings is 1. The van der Waals surface area contributed by atoms with Gasteiger partial charge in [0.15, 0.2) is 11.5 Å². The molecule has 0 fully saturated rings. The highest BCUT2D eigenvalue weighted by Gasteiger charge is 2.23. The second kappa shape index (κ2) is 6.82. The Morgan fingerprint density at radius 2 is 1.72 bits per heavy atom. The summed E-state index contributed by atoms with van der Waals surface area (Å²) in [5.41, 5.74) is 5.82. The largest absolute Gasteiger partial charge is 0.493 e. The van der Waals surface area contributed by atoms with Crippen LogP contribution < -0.4 is 9.47 Å². The number of hydrogen-bond donors (Lipinski definition) is 0. The van der Waals surface area contributed by atoms with Crippen molar-refractivity contribution >= 4 is 5.91 Å². The second-order valence-corrected chi connectivity index (χ2v) is 6.67. The Labute approximate surface area is 149 Å². The second-order valence-electron chi connectivity index (χ2n) is 6.67. The van der Waals surface area contributed by atoms with E-state index in [1.54, 1.807) is 14.2 Å². The van der Waals surface area contributed by atoms with E-state index in [0.717, 1.165) is 35.5 Å². The number of aromatic nitrogens is 1. The molecular weight excluding hydrogens is 316 g/mol. The molecular formula is C20H26N2O3. The molecule has 0 aliphatic carbocycles. The summed E-state index contributed by atoms with van der Waals surface area (Å²) in [7, 11) is 5.32. The lowest BCUT2D eigenvalue weighted by molar-refractivity contribution is -0.131. The summed E-state index contributed by atoms with van der Waals surface area (Å²) in [6.07, 6.45) is 1.30. The zero-order chi connectivity index (χ0) is 18.1. The van der Waals surface area contributed by atoms with Gasteiger partial charge in [-0.1, -0.05) is 0 Å². The van der Waals surface area contributed by atoms with Crippen LogP contribution in [0.15, 0.2) is 18.2 Å². The average Bonchev–Trinajstić information content (AvgIpc) is 2.86. The number of hydrogen-bond acceptors (Lipinski definition) is 3. The summed E-state index contributed by atoms with van der Waals surface area (Å²) in [6, 6.07) is 6.13. The molecule has 5 heteroatoms. The third-order valence-corrected chi connectivity index (χ3v) is 5.29. The molecule has 25 heavy (non-hydrogen) atoms. The average molecular weight is 342 g/mol. The van der Waals surface area contributed by atoms with Crippen molar-refractivity contribution in [3.8, 4) is 11.5 Å². The maximum absolute atomic E-state index is 12.8. The van der Waals surface area contributed by atoms with Crippen molar-refractivity contribution in [1.82, 2.24) is 9.47 Å². The maximum Gasteiger partial charge on any atom is 0.227 e. The number of carbonyl (C=O) groups is 1. The van der Waals surface area contributed by atoms with Gasteiger partial charge in [-0.25, -0.2) is 0 Å². The van der Waals surface area contributed by atoms with Crippen LogP contribution in [0.5, 0.6) is 11.5 Å². The first-order valence-corrected chi connectivity index (χ1v) is 8.58. The molecule has 1 aromatic heterocycles. The number of amides is 1. The number of carbonyl (C=O) groups excluding carboxylic acids is 1. The molecule has 134 valence electrons. The summed E-state index contributed by atoms with van der Waals surface area (Å²) in [4.78, 5) is 14.7. The van der Waals surface area contributed by atoms with Crippen LogP contribution in [0.25, 0.3) is 0 Å². The first-order chi connectivity index (χ1) is 11.9. The van der Waals surface area contributed by atoms with E-state index in [9.17, 15) is 4.79 Å². The van der Waals surface area contributed by atoms with Crippen molar-refractivity contribution in [3.63, 3.8) is 0 Å². The fourth-order valence-corrected chi connectivity index (χ4v) is 3.48. The van der Waals surface area contributed by atoms with Crippen molar-refractivity contribution in [2.24, 2.45) is 7.05 Å². The van der Waals surface area contributed by atoms with Crippen molar-refractivity contribution in [2.45, 2.75) is 33.2 Å². The summed E-state index contributed by atoms with van der Waals surface area (Å²) >= 11 is 0. The quantitative estimate of drug-likeness (QED) is 0.858. The van der Waals surface area contributed by atoms with Gasteiger partial charge in [-0.15, -0.1) is 0 Å². The number of nitrogens with zero attached hydrogens (tertiary/aromatic N) is 2. The number of ether oxygens (including phenoxy) is 2. The lowest BCUT2D eigenvalue weighted by Gasteiger charge is -2.29. The molecule has 3 rings (SSSR count). The summed E-state index contributed by atoms with van der Waals surface area (Å²) in [6.45, 7) is 5.50. The number of fused-ring (bicyclic) bond motifs is 1. The van der Waals surface area contributed by atoms with E-state index >= 15 is 0 Å². The molecule has 1 amide bonds. The molecule has 0 atom stereocenters. The molecule has 0 unspecified atom stereocenters. The van der Waals surface area contributed by atoms with Crippen LogP contribution in [0.2, 0.25) is 0 Å². The van der Waals surface area contributed by atoms with Crippen LogP contribution in [0, 0.1) is 13.8 Å². The zero-order valence-electron chi connectivity index (χ0n) is 15.7. The van der Waals surface area contributed by atoms with E-state index in [1.807, 2.05) is 24.1 Å². The first kappa shape index (κ1) is 17.4. The number of aryl methyl sites for hydroxylation is 1. The van der Waals surface area contributed by atoms with E-state index in [4.69, 9.17) is 9.47 Å². The zero-order valence-corrected chi connectivity index (χ0v) is 15.7. The minimum absolute atomic E-state index is 0.175. The predicted molar refractivity (Wildman–Crippen MR) is 97.3 cm³/mol. The molecule has 1 aliphatic rings.